The van der Waals surface area contributed by atoms with Crippen LogP contribution in [0.2, 0.25) is 0 Å². The van der Waals surface area contributed by atoms with E-state index < -0.39 is 0 Å². The van der Waals surface area contributed by atoms with Crippen molar-refractivity contribution in [2.24, 2.45) is 7.05 Å². The molecule has 1 unspecified atom stereocenters. The Morgan fingerprint density at radius 2 is 2.00 bits per heavy atom. The van der Waals surface area contributed by atoms with Gasteiger partial charge in [0, 0.05) is 43.2 Å². The maximum atomic E-state index is 13.1. The number of carbonyl (C=O) groups excluding carboxylic acids is 1. The third-order valence-corrected chi connectivity index (χ3v) is 5.56. The minimum absolute atomic E-state index is 0.119. The summed E-state index contributed by atoms with van der Waals surface area (Å²) in [6, 6.07) is 4.66. The summed E-state index contributed by atoms with van der Waals surface area (Å²) in [6.45, 7) is 4.20. The van der Waals surface area contributed by atoms with Crippen molar-refractivity contribution in [3.63, 3.8) is 0 Å². The number of nitrogens with zero attached hydrogens (tertiary/aromatic N) is 4. The van der Waals surface area contributed by atoms with Gasteiger partial charge in [-0.15, -0.1) is 0 Å². The summed E-state index contributed by atoms with van der Waals surface area (Å²) >= 11 is 0. The van der Waals surface area contributed by atoms with Gasteiger partial charge >= 0.3 is 0 Å². The van der Waals surface area contributed by atoms with Gasteiger partial charge in [-0.05, 0) is 39.2 Å². The standard InChI is InChI=1S/C20H23N5O3/c1-12-13(2)21-17-10-15(22-25(17)19(12)27)16-6-4-5-9-24(16)20(28)14-7-8-18(26)23(3)11-14/h7-8,10-11,16,22H,4-6,9H2,1-3H3. The van der Waals surface area contributed by atoms with E-state index in [0.717, 1.165) is 25.0 Å². The van der Waals surface area contributed by atoms with Crippen LogP contribution in [0.15, 0.2) is 34.0 Å². The van der Waals surface area contributed by atoms with E-state index in [-0.39, 0.29) is 23.1 Å². The molecule has 146 valence electrons. The number of piperidine rings is 1. The lowest BCUT2D eigenvalue weighted by Gasteiger charge is -2.35. The first kappa shape index (κ1) is 18.2. The largest absolute Gasteiger partial charge is 0.330 e. The Hall–Kier alpha value is -3.16. The van der Waals surface area contributed by atoms with Crippen molar-refractivity contribution in [3.8, 4) is 0 Å². The van der Waals surface area contributed by atoms with E-state index in [9.17, 15) is 14.4 Å². The topological polar surface area (TPSA) is 92.5 Å². The highest BCUT2D eigenvalue weighted by molar-refractivity contribution is 5.94. The molecule has 28 heavy (non-hydrogen) atoms. The second kappa shape index (κ2) is 6.78. The lowest BCUT2D eigenvalue weighted by atomic mass is 9.98. The molecule has 0 bridgehead atoms. The zero-order valence-corrected chi connectivity index (χ0v) is 16.2. The molecule has 1 amide bonds. The molecule has 8 nitrogen and oxygen atoms in total. The predicted octanol–water partition coefficient (Wildman–Crippen LogP) is 1.71. The van der Waals surface area contributed by atoms with Gasteiger partial charge in [0.25, 0.3) is 11.5 Å². The van der Waals surface area contributed by atoms with Crippen molar-refractivity contribution in [1.82, 2.24) is 24.1 Å². The molecule has 3 aromatic heterocycles. The Labute approximate surface area is 161 Å². The molecule has 0 aromatic carbocycles. The Kier molecular flexibility index (Phi) is 4.41. The summed E-state index contributed by atoms with van der Waals surface area (Å²) in [5.41, 5.74) is 2.87. The van der Waals surface area contributed by atoms with Crippen LogP contribution in [0.3, 0.4) is 0 Å². The van der Waals surface area contributed by atoms with Gasteiger partial charge in [0.1, 0.15) is 0 Å². The molecule has 3 aromatic rings. The van der Waals surface area contributed by atoms with Crippen LogP contribution in [0.5, 0.6) is 0 Å². The summed E-state index contributed by atoms with van der Waals surface area (Å²) in [5.74, 6) is -0.119. The summed E-state index contributed by atoms with van der Waals surface area (Å²) in [6.07, 6.45) is 4.29. The van der Waals surface area contributed by atoms with Gasteiger partial charge in [-0.1, -0.05) is 0 Å². The summed E-state index contributed by atoms with van der Waals surface area (Å²) < 4.78 is 2.85. The smallest absolute Gasteiger partial charge is 0.275 e. The molecule has 8 heteroatoms. The number of aromatic nitrogens is 4. The van der Waals surface area contributed by atoms with Gasteiger partial charge in [-0.3, -0.25) is 19.5 Å². The van der Waals surface area contributed by atoms with Crippen LogP contribution >= 0.6 is 0 Å². The van der Waals surface area contributed by atoms with Crippen molar-refractivity contribution >= 4 is 11.6 Å². The molecule has 4 heterocycles. The summed E-state index contributed by atoms with van der Waals surface area (Å²) in [4.78, 5) is 43.6. The molecule has 1 aliphatic rings. The molecule has 0 saturated carbocycles. The molecule has 1 saturated heterocycles. The van der Waals surface area contributed by atoms with Gasteiger partial charge in [0.15, 0.2) is 5.65 Å². The maximum absolute atomic E-state index is 13.1. The third-order valence-electron chi connectivity index (χ3n) is 5.56. The van der Waals surface area contributed by atoms with E-state index in [1.54, 1.807) is 26.2 Å². The number of carbonyl (C=O) groups is 1. The zero-order chi connectivity index (χ0) is 20.0. The van der Waals surface area contributed by atoms with Gasteiger partial charge < -0.3 is 9.47 Å². The molecule has 1 aliphatic heterocycles. The number of fused-ring (bicyclic) bond motifs is 1. The number of pyridine rings is 1. The highest BCUT2D eigenvalue weighted by Crippen LogP contribution is 2.31. The van der Waals surface area contributed by atoms with E-state index >= 15 is 0 Å². The van der Waals surface area contributed by atoms with Gasteiger partial charge in [-0.25, -0.2) is 9.50 Å². The average Bonchev–Trinajstić information content (AvgIpc) is 3.11. The first-order chi connectivity index (χ1) is 13.4. The molecular weight excluding hydrogens is 358 g/mol. The number of likely N-dealkylation sites (tertiary alicyclic amines) is 1. The number of aryl methyl sites for hydroxylation is 2. The van der Waals surface area contributed by atoms with Crippen molar-refractivity contribution in [3.05, 3.63) is 67.6 Å². The van der Waals surface area contributed by atoms with Crippen LogP contribution in [0.4, 0.5) is 0 Å². The van der Waals surface area contributed by atoms with E-state index in [1.807, 2.05) is 17.9 Å². The first-order valence-corrected chi connectivity index (χ1v) is 9.43. The Morgan fingerprint density at radius 3 is 2.75 bits per heavy atom. The number of hydrogen-bond donors (Lipinski definition) is 1. The predicted molar refractivity (Wildman–Crippen MR) is 105 cm³/mol. The van der Waals surface area contributed by atoms with Crippen molar-refractivity contribution in [2.75, 3.05) is 6.54 Å². The maximum Gasteiger partial charge on any atom is 0.275 e. The lowest BCUT2D eigenvalue weighted by Crippen LogP contribution is -2.39. The average molecular weight is 381 g/mol. The Morgan fingerprint density at radius 1 is 1.21 bits per heavy atom. The normalized spacial score (nSPS) is 17.2. The van der Waals surface area contributed by atoms with E-state index in [2.05, 4.69) is 10.1 Å². The third kappa shape index (κ3) is 2.94. The van der Waals surface area contributed by atoms with E-state index in [1.165, 1.54) is 15.1 Å². The van der Waals surface area contributed by atoms with Crippen LogP contribution in [0.1, 0.15) is 52.6 Å². The fraction of sp³-hybridized carbons (Fsp3) is 0.400. The molecule has 0 aliphatic carbocycles. The number of hydrogen-bond acceptors (Lipinski definition) is 4. The fourth-order valence-electron chi connectivity index (χ4n) is 3.79. The van der Waals surface area contributed by atoms with Crippen LogP contribution in [-0.2, 0) is 7.05 Å². The van der Waals surface area contributed by atoms with Crippen LogP contribution in [0, 0.1) is 13.8 Å². The quantitative estimate of drug-likeness (QED) is 0.731. The highest BCUT2D eigenvalue weighted by atomic mass is 16.2. The minimum atomic E-state index is -0.166. The number of H-pyrrole nitrogens is 1. The van der Waals surface area contributed by atoms with Crippen LogP contribution in [-0.4, -0.2) is 36.5 Å². The highest BCUT2D eigenvalue weighted by Gasteiger charge is 2.30. The van der Waals surface area contributed by atoms with Gasteiger partial charge in [-0.2, -0.15) is 0 Å². The van der Waals surface area contributed by atoms with Crippen molar-refractivity contribution in [1.29, 1.82) is 0 Å². The molecular formula is C20H23N5O3. The number of rotatable bonds is 2. The lowest BCUT2D eigenvalue weighted by molar-refractivity contribution is 0.0604. The van der Waals surface area contributed by atoms with Gasteiger partial charge in [0.05, 0.1) is 17.3 Å². The monoisotopic (exact) mass is 381 g/mol. The van der Waals surface area contributed by atoms with E-state index in [4.69, 9.17) is 0 Å². The zero-order valence-electron chi connectivity index (χ0n) is 16.2. The molecule has 0 radical (unpaired) electrons. The molecule has 1 fully saturated rings. The second-order valence-corrected chi connectivity index (χ2v) is 7.41. The SMILES string of the molecule is Cc1nc2cc(C3CCCCN3C(=O)c3ccc(=O)n(C)c3)[nH]n2c(=O)c1C. The number of aromatic amines is 1. The van der Waals surface area contributed by atoms with Crippen molar-refractivity contribution < 1.29 is 4.79 Å². The molecule has 4 rings (SSSR count). The Bertz CT molecular complexity index is 1190. The van der Waals surface area contributed by atoms with Crippen LogP contribution < -0.4 is 11.1 Å². The van der Waals surface area contributed by atoms with Crippen molar-refractivity contribution in [2.45, 2.75) is 39.2 Å². The number of amides is 1. The van der Waals surface area contributed by atoms with Crippen LogP contribution in [0.25, 0.3) is 5.65 Å². The summed E-state index contributed by atoms with van der Waals surface area (Å²) in [7, 11) is 1.63. The van der Waals surface area contributed by atoms with E-state index in [0.29, 0.717) is 29.0 Å². The second-order valence-electron chi connectivity index (χ2n) is 7.41. The van der Waals surface area contributed by atoms with Gasteiger partial charge in [0.2, 0.25) is 5.56 Å². The molecule has 1 atom stereocenters. The summed E-state index contributed by atoms with van der Waals surface area (Å²) in [5, 5.41) is 3.15. The fourth-order valence-corrected chi connectivity index (χ4v) is 3.79. The Balaban J connectivity index is 1.75. The first-order valence-electron chi connectivity index (χ1n) is 9.43. The number of nitrogens with one attached hydrogen (secondary N) is 1. The molecule has 0 spiro atoms. The molecule has 1 N–H and O–H groups in total. The minimum Gasteiger partial charge on any atom is -0.330 e.